The minimum Gasteiger partial charge on any atom is -0.411 e. The van der Waals surface area contributed by atoms with Crippen LogP contribution < -0.4 is 0 Å². The Morgan fingerprint density at radius 2 is 1.66 bits per heavy atom. The highest BCUT2D eigenvalue weighted by atomic mass is 16.4. The molecule has 0 aromatic rings. The second kappa shape index (κ2) is 8.76. The maximum atomic E-state index is 12.6. The zero-order valence-corrected chi connectivity index (χ0v) is 20.8. The SMILES string of the molecule is CC(C)CCCC(C)C1CCC2C3CCC4/C(=N\O)C(=O)/C(=N\O)CC4(C)C3CCC12C. The summed E-state index contributed by atoms with van der Waals surface area (Å²) >= 11 is 0. The fraction of sp³-hybridized carbons (Fsp3) is 0.889. The molecule has 8 atom stereocenters. The Balaban J connectivity index is 1.55. The van der Waals surface area contributed by atoms with Crippen molar-refractivity contribution >= 4 is 17.2 Å². The molecule has 0 radical (unpaired) electrons. The van der Waals surface area contributed by atoms with Crippen LogP contribution in [0, 0.1) is 52.3 Å². The van der Waals surface area contributed by atoms with Crippen molar-refractivity contribution in [1.29, 1.82) is 0 Å². The Bertz CT molecular complexity index is 790. The summed E-state index contributed by atoms with van der Waals surface area (Å²) in [4.78, 5) is 12.6. The summed E-state index contributed by atoms with van der Waals surface area (Å²) in [5.41, 5.74) is 0.658. The van der Waals surface area contributed by atoms with Gasteiger partial charge in [-0.1, -0.05) is 64.2 Å². The number of fused-ring (bicyclic) bond motifs is 5. The molecule has 0 bridgehead atoms. The number of oxime groups is 2. The lowest BCUT2D eigenvalue weighted by atomic mass is 9.44. The van der Waals surface area contributed by atoms with Gasteiger partial charge in [-0.3, -0.25) is 4.79 Å². The van der Waals surface area contributed by atoms with Gasteiger partial charge in [0, 0.05) is 12.3 Å². The zero-order chi connectivity index (χ0) is 23.3. The predicted molar refractivity (Wildman–Crippen MR) is 127 cm³/mol. The van der Waals surface area contributed by atoms with Crippen molar-refractivity contribution in [2.24, 2.45) is 62.6 Å². The smallest absolute Gasteiger partial charge is 0.228 e. The number of hydrogen-bond donors (Lipinski definition) is 2. The second-order valence-electron chi connectivity index (χ2n) is 12.6. The lowest BCUT2D eigenvalue weighted by Crippen LogP contribution is -2.58. The van der Waals surface area contributed by atoms with E-state index < -0.39 is 0 Å². The van der Waals surface area contributed by atoms with Crippen molar-refractivity contribution in [3.8, 4) is 0 Å². The largest absolute Gasteiger partial charge is 0.411 e. The third-order valence-corrected chi connectivity index (χ3v) is 10.7. The van der Waals surface area contributed by atoms with E-state index in [1.165, 1.54) is 44.9 Å². The molecule has 4 aliphatic rings. The maximum absolute atomic E-state index is 12.6. The van der Waals surface area contributed by atoms with Crippen LogP contribution in [-0.2, 0) is 4.79 Å². The minimum atomic E-state index is -0.368. The standard InChI is InChI=1S/C27H44N2O3/c1-16(2)7-6-8-17(3)19-11-12-20-18-9-10-22-24(29-32)25(30)23(28-31)15-27(22,5)21(18)13-14-26(19,20)4/h16-22,31-32H,6-15H2,1-5H3/b28-23-,29-24+. The molecular weight excluding hydrogens is 400 g/mol. The van der Waals surface area contributed by atoms with Crippen LogP contribution in [0.3, 0.4) is 0 Å². The van der Waals surface area contributed by atoms with E-state index in [4.69, 9.17) is 0 Å². The van der Waals surface area contributed by atoms with Gasteiger partial charge in [0.05, 0.1) is 0 Å². The Morgan fingerprint density at radius 3 is 2.31 bits per heavy atom. The van der Waals surface area contributed by atoms with Crippen LogP contribution in [-0.4, -0.2) is 27.6 Å². The summed E-state index contributed by atoms with van der Waals surface area (Å²) in [7, 11) is 0. The number of hydrogen-bond acceptors (Lipinski definition) is 5. The predicted octanol–water partition coefficient (Wildman–Crippen LogP) is 6.56. The molecule has 2 N–H and O–H groups in total. The second-order valence-corrected chi connectivity index (χ2v) is 12.6. The first-order chi connectivity index (χ1) is 15.2. The van der Waals surface area contributed by atoms with Gasteiger partial charge in [0.2, 0.25) is 5.78 Å². The first-order valence-electron chi connectivity index (χ1n) is 13.1. The van der Waals surface area contributed by atoms with E-state index in [1.54, 1.807) is 0 Å². The van der Waals surface area contributed by atoms with E-state index in [-0.39, 0.29) is 28.5 Å². The average molecular weight is 445 g/mol. The van der Waals surface area contributed by atoms with E-state index in [0.717, 1.165) is 36.5 Å². The lowest BCUT2D eigenvalue weighted by Gasteiger charge is -2.60. The number of nitrogens with zero attached hydrogens (tertiary/aromatic N) is 2. The highest BCUT2D eigenvalue weighted by Crippen LogP contribution is 2.67. The van der Waals surface area contributed by atoms with Crippen LogP contribution in [0.2, 0.25) is 0 Å². The Labute approximate surface area is 194 Å². The summed E-state index contributed by atoms with van der Waals surface area (Å²) < 4.78 is 0. The fourth-order valence-corrected chi connectivity index (χ4v) is 9.13. The number of carbonyl (C=O) groups excluding carboxylic acids is 1. The zero-order valence-electron chi connectivity index (χ0n) is 20.8. The average Bonchev–Trinajstić information content (AvgIpc) is 3.10. The Morgan fingerprint density at radius 1 is 0.938 bits per heavy atom. The molecule has 0 heterocycles. The number of carbonyl (C=O) groups is 1. The van der Waals surface area contributed by atoms with Gasteiger partial charge in [-0.25, -0.2) is 0 Å². The van der Waals surface area contributed by atoms with Crippen molar-refractivity contribution < 1.29 is 15.2 Å². The maximum Gasteiger partial charge on any atom is 0.228 e. The first kappa shape index (κ1) is 23.8. The Kier molecular flexibility index (Phi) is 6.50. The van der Waals surface area contributed by atoms with E-state index >= 15 is 0 Å². The quantitative estimate of drug-likeness (QED) is 0.372. The minimum absolute atomic E-state index is 0.0248. The van der Waals surface area contributed by atoms with Crippen molar-refractivity contribution in [2.75, 3.05) is 0 Å². The summed E-state index contributed by atoms with van der Waals surface area (Å²) in [6, 6.07) is 0. The molecule has 4 saturated carbocycles. The van der Waals surface area contributed by atoms with Crippen LogP contribution in [0.1, 0.15) is 98.8 Å². The molecule has 4 rings (SSSR count). The molecule has 180 valence electrons. The fourth-order valence-electron chi connectivity index (χ4n) is 9.13. The first-order valence-corrected chi connectivity index (χ1v) is 13.1. The van der Waals surface area contributed by atoms with Crippen molar-refractivity contribution in [3.63, 3.8) is 0 Å². The van der Waals surface area contributed by atoms with E-state index in [1.807, 2.05) is 0 Å². The molecule has 0 saturated heterocycles. The third kappa shape index (κ3) is 3.62. The van der Waals surface area contributed by atoms with Gasteiger partial charge in [0.15, 0.2) is 0 Å². The van der Waals surface area contributed by atoms with Gasteiger partial charge in [0.1, 0.15) is 11.4 Å². The normalized spacial score (nSPS) is 45.1. The number of ketones is 1. The molecule has 0 aromatic carbocycles. The van der Waals surface area contributed by atoms with Crippen molar-refractivity contribution in [1.82, 2.24) is 0 Å². The topological polar surface area (TPSA) is 82.2 Å². The summed E-state index contributed by atoms with van der Waals surface area (Å²) in [6.45, 7) is 12.0. The number of Topliss-reactive ketones (excluding diaryl/α,β-unsaturated/α-hetero) is 1. The Hall–Kier alpha value is -1.39. The van der Waals surface area contributed by atoms with Gasteiger partial charge in [-0.05, 0) is 84.9 Å². The molecule has 0 amide bonds. The molecule has 0 spiro atoms. The van der Waals surface area contributed by atoms with Crippen molar-refractivity contribution in [2.45, 2.75) is 98.8 Å². The summed E-state index contributed by atoms with van der Waals surface area (Å²) in [6.07, 6.45) is 11.7. The van der Waals surface area contributed by atoms with Gasteiger partial charge in [-0.15, -0.1) is 0 Å². The molecular formula is C27H44N2O3. The lowest BCUT2D eigenvalue weighted by molar-refractivity contribution is -0.113. The van der Waals surface area contributed by atoms with Crippen LogP contribution >= 0.6 is 0 Å². The third-order valence-electron chi connectivity index (χ3n) is 10.7. The van der Waals surface area contributed by atoms with Crippen LogP contribution in [0.5, 0.6) is 0 Å². The summed E-state index contributed by atoms with van der Waals surface area (Å²) in [5, 5.41) is 25.9. The molecule has 4 aliphatic carbocycles. The van der Waals surface area contributed by atoms with Gasteiger partial charge < -0.3 is 10.4 Å². The molecule has 0 aromatic heterocycles. The van der Waals surface area contributed by atoms with Crippen LogP contribution in [0.25, 0.3) is 0 Å². The molecule has 5 nitrogen and oxygen atoms in total. The molecule has 8 unspecified atom stereocenters. The van der Waals surface area contributed by atoms with Gasteiger partial charge in [-0.2, -0.15) is 0 Å². The van der Waals surface area contributed by atoms with Crippen molar-refractivity contribution in [3.05, 3.63) is 0 Å². The highest BCUT2D eigenvalue weighted by molar-refractivity contribution is 6.67. The van der Waals surface area contributed by atoms with Crippen LogP contribution in [0.15, 0.2) is 10.3 Å². The van der Waals surface area contributed by atoms with E-state index in [2.05, 4.69) is 44.9 Å². The van der Waals surface area contributed by atoms with E-state index in [9.17, 15) is 15.2 Å². The van der Waals surface area contributed by atoms with Gasteiger partial charge >= 0.3 is 0 Å². The number of rotatable bonds is 5. The highest BCUT2D eigenvalue weighted by Gasteiger charge is 2.62. The van der Waals surface area contributed by atoms with Gasteiger partial charge in [0.25, 0.3) is 0 Å². The van der Waals surface area contributed by atoms with Crippen LogP contribution in [0.4, 0.5) is 0 Å². The summed E-state index contributed by atoms with van der Waals surface area (Å²) in [5.74, 6) is 3.92. The molecule has 5 heteroatoms. The monoisotopic (exact) mass is 444 g/mol. The molecule has 0 aliphatic heterocycles. The molecule has 4 fully saturated rings. The van der Waals surface area contributed by atoms with E-state index in [0.29, 0.717) is 23.7 Å². The molecule has 32 heavy (non-hydrogen) atoms.